The maximum absolute atomic E-state index is 4.33. The number of hydrogen-bond donors (Lipinski definition) is 2. The number of nitrogens with one attached hydrogen (secondary N) is 2. The van der Waals surface area contributed by atoms with E-state index >= 15 is 0 Å². The standard InChI is InChI=1S/C19H28N4S/c1-15(18-9-10-24-14-18)11-21-19(20-2)22-12-16-7-5-6-8-17(16)13-23(3)4/h5-10,14-15H,11-13H2,1-4H3,(H2,20,21,22). The summed E-state index contributed by atoms with van der Waals surface area (Å²) in [5.41, 5.74) is 4.02. The highest BCUT2D eigenvalue weighted by Crippen LogP contribution is 2.17. The molecule has 0 aliphatic rings. The van der Waals surface area contributed by atoms with Crippen LogP contribution in [0.5, 0.6) is 0 Å². The average Bonchev–Trinajstić information content (AvgIpc) is 3.10. The van der Waals surface area contributed by atoms with E-state index in [4.69, 9.17) is 0 Å². The van der Waals surface area contributed by atoms with Crippen LogP contribution >= 0.6 is 11.3 Å². The van der Waals surface area contributed by atoms with Crippen molar-refractivity contribution in [2.75, 3.05) is 27.7 Å². The zero-order valence-electron chi connectivity index (χ0n) is 15.0. The van der Waals surface area contributed by atoms with Crippen molar-refractivity contribution in [3.05, 3.63) is 57.8 Å². The van der Waals surface area contributed by atoms with Gasteiger partial charge in [-0.15, -0.1) is 0 Å². The first kappa shape index (κ1) is 18.5. The number of rotatable bonds is 7. The minimum atomic E-state index is 0.468. The van der Waals surface area contributed by atoms with E-state index < -0.39 is 0 Å². The fourth-order valence-corrected chi connectivity index (χ4v) is 3.33. The molecule has 1 aromatic heterocycles. The molecular weight excluding hydrogens is 316 g/mol. The third kappa shape index (κ3) is 5.65. The largest absolute Gasteiger partial charge is 0.356 e. The van der Waals surface area contributed by atoms with Gasteiger partial charge in [0.15, 0.2) is 5.96 Å². The predicted molar refractivity (Wildman–Crippen MR) is 105 cm³/mol. The second-order valence-corrected chi connectivity index (χ2v) is 7.05. The van der Waals surface area contributed by atoms with Crippen LogP contribution in [0.15, 0.2) is 46.1 Å². The number of benzene rings is 1. The van der Waals surface area contributed by atoms with Gasteiger partial charge in [0.1, 0.15) is 0 Å². The zero-order chi connectivity index (χ0) is 17.4. The normalized spacial score (nSPS) is 13.1. The van der Waals surface area contributed by atoms with Crippen LogP contribution in [0, 0.1) is 0 Å². The molecule has 1 heterocycles. The number of aliphatic imine (C=N–C) groups is 1. The van der Waals surface area contributed by atoms with Gasteiger partial charge in [-0.25, -0.2) is 0 Å². The lowest BCUT2D eigenvalue weighted by molar-refractivity contribution is 0.400. The monoisotopic (exact) mass is 344 g/mol. The minimum absolute atomic E-state index is 0.468. The topological polar surface area (TPSA) is 39.7 Å². The summed E-state index contributed by atoms with van der Waals surface area (Å²) >= 11 is 1.74. The summed E-state index contributed by atoms with van der Waals surface area (Å²) in [6.45, 7) is 4.82. The summed E-state index contributed by atoms with van der Waals surface area (Å²) in [7, 11) is 6.00. The lowest BCUT2D eigenvalue weighted by Crippen LogP contribution is -2.38. The number of thiophene rings is 1. The second-order valence-electron chi connectivity index (χ2n) is 6.27. The summed E-state index contributed by atoms with van der Waals surface area (Å²) in [5, 5.41) is 11.2. The molecular formula is C19H28N4S. The van der Waals surface area contributed by atoms with E-state index in [9.17, 15) is 0 Å². The zero-order valence-corrected chi connectivity index (χ0v) is 15.9. The first-order valence-corrected chi connectivity index (χ1v) is 9.22. The molecule has 0 radical (unpaired) electrons. The van der Waals surface area contributed by atoms with Gasteiger partial charge in [0.25, 0.3) is 0 Å². The van der Waals surface area contributed by atoms with Crippen molar-refractivity contribution in [3.63, 3.8) is 0 Å². The molecule has 0 fully saturated rings. The summed E-state index contributed by atoms with van der Waals surface area (Å²) in [6.07, 6.45) is 0. The average molecular weight is 345 g/mol. The van der Waals surface area contributed by atoms with E-state index in [1.54, 1.807) is 11.3 Å². The number of hydrogen-bond acceptors (Lipinski definition) is 3. The summed E-state index contributed by atoms with van der Waals surface area (Å²) in [5.74, 6) is 1.31. The second kappa shape index (κ2) is 9.45. The van der Waals surface area contributed by atoms with Gasteiger partial charge < -0.3 is 15.5 Å². The fourth-order valence-electron chi connectivity index (χ4n) is 2.55. The molecule has 2 aromatic rings. The summed E-state index contributed by atoms with van der Waals surface area (Å²) < 4.78 is 0. The highest BCUT2D eigenvalue weighted by molar-refractivity contribution is 7.07. The van der Waals surface area contributed by atoms with Crippen molar-refractivity contribution in [2.45, 2.75) is 25.9 Å². The third-order valence-corrected chi connectivity index (χ3v) is 4.66. The van der Waals surface area contributed by atoms with Crippen LogP contribution in [0.25, 0.3) is 0 Å². The molecule has 0 bridgehead atoms. The van der Waals surface area contributed by atoms with Gasteiger partial charge in [-0.05, 0) is 53.5 Å². The van der Waals surface area contributed by atoms with Crippen LogP contribution < -0.4 is 10.6 Å². The van der Waals surface area contributed by atoms with Gasteiger partial charge in [-0.2, -0.15) is 11.3 Å². The molecule has 130 valence electrons. The minimum Gasteiger partial charge on any atom is -0.356 e. The molecule has 0 amide bonds. The van der Waals surface area contributed by atoms with Gasteiger partial charge >= 0.3 is 0 Å². The Bertz CT molecular complexity index is 635. The molecule has 2 rings (SSSR count). The maximum Gasteiger partial charge on any atom is 0.191 e. The van der Waals surface area contributed by atoms with Crippen LogP contribution in [0.4, 0.5) is 0 Å². The molecule has 1 aromatic carbocycles. The Balaban J connectivity index is 1.88. The van der Waals surface area contributed by atoms with Crippen molar-refractivity contribution in [2.24, 2.45) is 4.99 Å². The maximum atomic E-state index is 4.33. The Morgan fingerprint density at radius 1 is 1.17 bits per heavy atom. The molecule has 0 saturated heterocycles. The lowest BCUT2D eigenvalue weighted by Gasteiger charge is -2.18. The van der Waals surface area contributed by atoms with Crippen molar-refractivity contribution in [1.29, 1.82) is 0 Å². The Kier molecular flexibility index (Phi) is 7.28. The molecule has 2 N–H and O–H groups in total. The molecule has 1 unspecified atom stereocenters. The van der Waals surface area contributed by atoms with Crippen molar-refractivity contribution >= 4 is 17.3 Å². The third-order valence-electron chi connectivity index (χ3n) is 3.96. The predicted octanol–water partition coefficient (Wildman–Crippen LogP) is 3.28. The van der Waals surface area contributed by atoms with E-state index in [0.29, 0.717) is 5.92 Å². The molecule has 5 heteroatoms. The quantitative estimate of drug-likeness (QED) is 0.598. The molecule has 1 atom stereocenters. The van der Waals surface area contributed by atoms with Crippen LogP contribution in [-0.2, 0) is 13.1 Å². The Morgan fingerprint density at radius 2 is 1.92 bits per heavy atom. The van der Waals surface area contributed by atoms with E-state index in [1.807, 2.05) is 7.05 Å². The highest BCUT2D eigenvalue weighted by atomic mass is 32.1. The number of nitrogens with zero attached hydrogens (tertiary/aromatic N) is 2. The molecule has 0 saturated carbocycles. The van der Waals surface area contributed by atoms with Crippen LogP contribution in [0.3, 0.4) is 0 Å². The smallest absolute Gasteiger partial charge is 0.191 e. The lowest BCUT2D eigenvalue weighted by atomic mass is 10.1. The van der Waals surface area contributed by atoms with Crippen molar-refractivity contribution < 1.29 is 0 Å². The van der Waals surface area contributed by atoms with E-state index in [-0.39, 0.29) is 0 Å². The van der Waals surface area contributed by atoms with Crippen molar-refractivity contribution in [1.82, 2.24) is 15.5 Å². The number of guanidine groups is 1. The summed E-state index contributed by atoms with van der Waals surface area (Å²) in [4.78, 5) is 6.52. The molecule has 0 spiro atoms. The van der Waals surface area contributed by atoms with Gasteiger partial charge in [-0.3, -0.25) is 4.99 Å². The Labute approximate surface area is 149 Å². The van der Waals surface area contributed by atoms with E-state index in [2.05, 4.69) is 82.6 Å². The first-order chi connectivity index (χ1) is 11.6. The van der Waals surface area contributed by atoms with Crippen molar-refractivity contribution in [3.8, 4) is 0 Å². The van der Waals surface area contributed by atoms with Crippen LogP contribution in [0.2, 0.25) is 0 Å². The highest BCUT2D eigenvalue weighted by Gasteiger charge is 2.08. The molecule has 0 aliphatic carbocycles. The first-order valence-electron chi connectivity index (χ1n) is 8.28. The van der Waals surface area contributed by atoms with Gasteiger partial charge in [0.05, 0.1) is 0 Å². The van der Waals surface area contributed by atoms with E-state index in [1.165, 1.54) is 16.7 Å². The SMILES string of the molecule is CN=C(NCc1ccccc1CN(C)C)NCC(C)c1ccsc1. The molecule has 4 nitrogen and oxygen atoms in total. The van der Waals surface area contributed by atoms with Gasteiger partial charge in [0.2, 0.25) is 0 Å². The van der Waals surface area contributed by atoms with E-state index in [0.717, 1.165) is 25.6 Å². The Morgan fingerprint density at radius 3 is 2.54 bits per heavy atom. The van der Waals surface area contributed by atoms with Crippen LogP contribution in [-0.4, -0.2) is 38.5 Å². The fraction of sp³-hybridized carbons (Fsp3) is 0.421. The van der Waals surface area contributed by atoms with Crippen LogP contribution in [0.1, 0.15) is 29.5 Å². The molecule has 0 aliphatic heterocycles. The van der Waals surface area contributed by atoms with Gasteiger partial charge in [0, 0.05) is 26.7 Å². The molecule has 24 heavy (non-hydrogen) atoms. The van der Waals surface area contributed by atoms with Gasteiger partial charge in [-0.1, -0.05) is 31.2 Å². The Hall–Kier alpha value is -1.85. The summed E-state index contributed by atoms with van der Waals surface area (Å²) in [6, 6.07) is 10.7.